The van der Waals surface area contributed by atoms with Gasteiger partial charge in [-0.25, -0.2) is 0 Å². The van der Waals surface area contributed by atoms with Gasteiger partial charge in [0, 0.05) is 6.42 Å². The predicted molar refractivity (Wildman–Crippen MR) is 451 cm³/mol. The number of ether oxygens (including phenoxy) is 4. The summed E-state index contributed by atoms with van der Waals surface area (Å²) >= 11 is 0. The first-order valence-corrected chi connectivity index (χ1v) is 44.1. The number of unbranched alkanes of at least 4 members (excludes halogenated alkanes) is 36. The molecule has 0 saturated carbocycles. The van der Waals surface area contributed by atoms with Crippen LogP contribution in [0.4, 0.5) is 0 Å². The molecule has 2 aliphatic rings. The van der Waals surface area contributed by atoms with Crippen LogP contribution in [0.2, 0.25) is 0 Å². The van der Waals surface area contributed by atoms with Gasteiger partial charge >= 0.3 is 0 Å². The monoisotopic (exact) mass is 1510 g/mol. The van der Waals surface area contributed by atoms with E-state index in [0.717, 1.165) is 128 Å². The number of allylic oxidation sites excluding steroid dienone is 24. The minimum atomic E-state index is -1.79. The number of hydrogen-bond acceptors (Lipinski definition) is 13. The van der Waals surface area contributed by atoms with Gasteiger partial charge in [-0.1, -0.05) is 384 Å². The lowest BCUT2D eigenvalue weighted by molar-refractivity contribution is -0.359. The highest BCUT2D eigenvalue weighted by atomic mass is 16.7. The third-order valence-corrected chi connectivity index (χ3v) is 20.6. The minimum Gasteiger partial charge on any atom is -0.394 e. The number of hydrogen-bond donors (Lipinski definition) is 9. The van der Waals surface area contributed by atoms with Crippen LogP contribution in [0.5, 0.6) is 0 Å². The summed E-state index contributed by atoms with van der Waals surface area (Å²) in [5.74, 6) is -0.232. The summed E-state index contributed by atoms with van der Waals surface area (Å²) in [6, 6.07) is -0.856. The molecule has 2 heterocycles. The third-order valence-electron chi connectivity index (χ3n) is 20.6. The summed E-state index contributed by atoms with van der Waals surface area (Å²) in [5, 5.41) is 88.0. The molecule has 14 nitrogen and oxygen atoms in total. The van der Waals surface area contributed by atoms with Gasteiger partial charge in [-0.2, -0.15) is 0 Å². The van der Waals surface area contributed by atoms with Crippen LogP contribution in [0.25, 0.3) is 0 Å². The maximum absolute atomic E-state index is 13.4. The van der Waals surface area contributed by atoms with Gasteiger partial charge in [0.05, 0.1) is 32.0 Å². The van der Waals surface area contributed by atoms with E-state index in [1.807, 2.05) is 0 Å². The van der Waals surface area contributed by atoms with Crippen molar-refractivity contribution in [3.8, 4) is 0 Å². The Hall–Kier alpha value is -4.13. The summed E-state index contributed by atoms with van der Waals surface area (Å²) in [5.41, 5.74) is 0. The molecule has 0 aromatic rings. The highest BCUT2D eigenvalue weighted by molar-refractivity contribution is 5.76. The Morgan fingerprint density at radius 2 is 0.639 bits per heavy atom. The highest BCUT2D eigenvalue weighted by Crippen LogP contribution is 2.30. The zero-order valence-corrected chi connectivity index (χ0v) is 68.3. The molecule has 0 aromatic carbocycles. The summed E-state index contributed by atoms with van der Waals surface area (Å²) in [7, 11) is 0. The van der Waals surface area contributed by atoms with Crippen LogP contribution in [0.1, 0.15) is 348 Å². The maximum Gasteiger partial charge on any atom is 0.220 e. The SMILES string of the molecule is CC/C=C\C/C=C\C/C=C\C/C=C\C/C=C\C/C=C\C/C=C\C/C=C\C/C=C\C/C=C\C/C=C\C/C=C\CCCCCCC(=O)NC(COC1OC(CO)C(OC2OC(CO)C(O)C(O)C2O)C(O)C1O)C(O)CCCCCCCCCCCCCCCCCCCCCCCCCCCCCCCCCCC. The Kier molecular flexibility index (Phi) is 69.9. The lowest BCUT2D eigenvalue weighted by Gasteiger charge is -2.46. The van der Waals surface area contributed by atoms with E-state index in [2.05, 4.69) is 165 Å². The van der Waals surface area contributed by atoms with E-state index in [-0.39, 0.29) is 18.9 Å². The molecule has 620 valence electrons. The molecule has 9 N–H and O–H groups in total. The molecule has 12 unspecified atom stereocenters. The van der Waals surface area contributed by atoms with Crippen LogP contribution in [-0.2, 0) is 23.7 Å². The zero-order chi connectivity index (χ0) is 77.9. The van der Waals surface area contributed by atoms with Crippen molar-refractivity contribution in [2.24, 2.45) is 0 Å². The number of rotatable bonds is 73. The Morgan fingerprint density at radius 3 is 0.981 bits per heavy atom. The number of aliphatic hydroxyl groups is 8. The van der Waals surface area contributed by atoms with Gasteiger partial charge in [-0.3, -0.25) is 4.79 Å². The first-order valence-electron chi connectivity index (χ1n) is 44.1. The van der Waals surface area contributed by atoms with Gasteiger partial charge in [0.1, 0.15) is 48.8 Å². The lowest BCUT2D eigenvalue weighted by atomic mass is 9.97. The first kappa shape index (κ1) is 99.9. The van der Waals surface area contributed by atoms with E-state index < -0.39 is 86.8 Å². The van der Waals surface area contributed by atoms with Crippen molar-refractivity contribution < 1.29 is 64.6 Å². The molecule has 1 amide bonds. The van der Waals surface area contributed by atoms with Gasteiger partial charge in [-0.05, 0) is 103 Å². The molecule has 2 fully saturated rings. The molecule has 2 rings (SSSR count). The first-order chi connectivity index (χ1) is 53.1. The molecular weight excluding hydrogens is 1350 g/mol. The van der Waals surface area contributed by atoms with Gasteiger partial charge in [-0.15, -0.1) is 0 Å². The maximum atomic E-state index is 13.4. The van der Waals surface area contributed by atoms with Crippen LogP contribution in [-0.4, -0.2) is 140 Å². The molecule has 0 spiro atoms. The molecule has 2 aliphatic heterocycles. The van der Waals surface area contributed by atoms with Crippen LogP contribution < -0.4 is 5.32 Å². The Balaban J connectivity index is 1.61. The average Bonchev–Trinajstić information content (AvgIpc) is 0.789. The minimum absolute atomic E-state index is 0.232. The highest BCUT2D eigenvalue weighted by Gasteiger charge is 2.51. The number of aliphatic hydroxyl groups excluding tert-OH is 8. The van der Waals surface area contributed by atoms with E-state index in [1.165, 1.54) is 186 Å². The molecular formula is C94H161NO13. The van der Waals surface area contributed by atoms with Crippen molar-refractivity contribution in [1.82, 2.24) is 5.32 Å². The van der Waals surface area contributed by atoms with Crippen molar-refractivity contribution in [3.63, 3.8) is 0 Å². The fourth-order valence-electron chi connectivity index (χ4n) is 13.7. The second-order valence-electron chi connectivity index (χ2n) is 30.3. The molecule has 2 saturated heterocycles. The standard InChI is InChI=1S/C94H161NO13/c1-3-5-7-9-11-13-15-17-19-21-23-25-27-29-31-33-35-37-38-39-40-41-42-43-44-46-48-50-52-54-56-58-60-62-64-66-68-70-72-74-76-78-86(99)95-82(81-105-93-91(104)89(102)92(85(80-97)107-93)108-94-90(103)88(101)87(100)84(79-96)106-94)83(98)77-75-73-71-69-67-65-63-61-59-57-55-53-51-49-47-45-36-34-32-30-28-26-24-22-20-18-16-14-12-10-8-6-4-2/h5,7,11,13,17,19,23,25,29,31,35,37,39-40,42-43,46,48,52,54,58,60,64,66,82-85,87-94,96-98,100-104H,3-4,6,8-10,12,14-16,18,20-22,24,26-28,30,32-34,36,38,41,44-45,47,49-51,53,55-57,59,61-63,65,67-81H2,1-2H3,(H,95,99)/b7-5-,13-11-,19-17-,25-23-,31-29-,37-35-,40-39-,43-42-,48-46-,54-52-,60-58-,66-64-. The van der Waals surface area contributed by atoms with Gasteiger partial charge < -0.3 is 65.1 Å². The molecule has 0 aromatic heterocycles. The average molecular weight is 1510 g/mol. The Bertz CT molecular complexity index is 2390. The molecule has 14 heteroatoms. The molecule has 12 atom stereocenters. The number of nitrogens with one attached hydrogen (secondary N) is 1. The van der Waals surface area contributed by atoms with Gasteiger partial charge in [0.25, 0.3) is 0 Å². The van der Waals surface area contributed by atoms with Crippen molar-refractivity contribution in [1.29, 1.82) is 0 Å². The summed E-state index contributed by atoms with van der Waals surface area (Å²) in [4.78, 5) is 13.4. The van der Waals surface area contributed by atoms with Crippen molar-refractivity contribution in [3.05, 3.63) is 146 Å². The topological polar surface area (TPSA) is 228 Å². The van der Waals surface area contributed by atoms with Gasteiger partial charge in [0.2, 0.25) is 5.91 Å². The molecule has 0 bridgehead atoms. The Labute approximate surface area is 659 Å². The van der Waals surface area contributed by atoms with Crippen molar-refractivity contribution >= 4 is 5.91 Å². The summed E-state index contributed by atoms with van der Waals surface area (Å²) in [6.07, 6.45) is 97.6. The fourth-order valence-corrected chi connectivity index (χ4v) is 13.7. The normalized spacial score (nSPS) is 21.9. The van der Waals surface area contributed by atoms with E-state index in [1.54, 1.807) is 0 Å². The summed E-state index contributed by atoms with van der Waals surface area (Å²) in [6.45, 7) is 2.77. The number of amides is 1. The quantitative estimate of drug-likeness (QED) is 0.0204. The molecule has 0 radical (unpaired) electrons. The predicted octanol–water partition coefficient (Wildman–Crippen LogP) is 21.5. The third kappa shape index (κ3) is 57.0. The van der Waals surface area contributed by atoms with E-state index in [4.69, 9.17) is 18.9 Å². The van der Waals surface area contributed by atoms with Crippen LogP contribution >= 0.6 is 0 Å². The van der Waals surface area contributed by atoms with Crippen molar-refractivity contribution in [2.75, 3.05) is 19.8 Å². The molecule has 0 aliphatic carbocycles. The molecule has 108 heavy (non-hydrogen) atoms. The van der Waals surface area contributed by atoms with Crippen LogP contribution in [0.3, 0.4) is 0 Å². The zero-order valence-electron chi connectivity index (χ0n) is 68.3. The lowest BCUT2D eigenvalue weighted by Crippen LogP contribution is -2.65. The second-order valence-corrected chi connectivity index (χ2v) is 30.3. The van der Waals surface area contributed by atoms with Crippen LogP contribution in [0, 0.1) is 0 Å². The van der Waals surface area contributed by atoms with E-state index >= 15 is 0 Å². The largest absolute Gasteiger partial charge is 0.394 e. The van der Waals surface area contributed by atoms with E-state index in [0.29, 0.717) is 12.8 Å². The number of carbonyl (C=O) groups excluding carboxylic acids is 1. The Morgan fingerprint density at radius 1 is 0.343 bits per heavy atom. The number of carbonyl (C=O) groups is 1. The van der Waals surface area contributed by atoms with Crippen molar-refractivity contribution in [2.45, 2.75) is 421 Å². The van der Waals surface area contributed by atoms with Gasteiger partial charge in [0.15, 0.2) is 12.6 Å². The second kappa shape index (κ2) is 75.6. The van der Waals surface area contributed by atoms with Crippen LogP contribution in [0.15, 0.2) is 146 Å². The van der Waals surface area contributed by atoms with E-state index in [9.17, 15) is 45.6 Å². The fraction of sp³-hybridized carbons (Fsp3) is 0.734. The summed E-state index contributed by atoms with van der Waals surface area (Å²) < 4.78 is 23.0. The smallest absolute Gasteiger partial charge is 0.220 e.